The lowest BCUT2D eigenvalue weighted by molar-refractivity contribution is -0.133. The van der Waals surface area contributed by atoms with Crippen molar-refractivity contribution in [2.75, 3.05) is 13.7 Å². The molecular weight excluding hydrogens is 202 g/mol. The second kappa shape index (κ2) is 5.12. The second-order valence-corrected chi connectivity index (χ2v) is 4.27. The van der Waals surface area contributed by atoms with Gasteiger partial charge >= 0.3 is 0 Å². The third-order valence-corrected chi connectivity index (χ3v) is 2.92. The van der Waals surface area contributed by atoms with Gasteiger partial charge in [-0.15, -0.1) is 0 Å². The van der Waals surface area contributed by atoms with Crippen LogP contribution in [0.3, 0.4) is 0 Å². The Kier molecular flexibility index (Phi) is 4.07. The number of carbonyl (C=O) groups excluding carboxylic acids is 1. The van der Waals surface area contributed by atoms with E-state index in [9.17, 15) is 4.79 Å². The molecule has 0 radical (unpaired) electrons. The van der Waals surface area contributed by atoms with Crippen LogP contribution in [0.15, 0.2) is 12.1 Å². The van der Waals surface area contributed by atoms with Crippen LogP contribution in [0.5, 0.6) is 0 Å². The molecule has 16 heavy (non-hydrogen) atoms. The van der Waals surface area contributed by atoms with Gasteiger partial charge in [0.25, 0.3) is 0 Å². The number of hydrogen-bond donors (Lipinski definition) is 1. The molecule has 0 atom stereocenters. The SMILES string of the molecule is Cc1cc(C)c(CN(C)C(=O)CO)cc1C. The maximum atomic E-state index is 11.3. The monoisotopic (exact) mass is 221 g/mol. The highest BCUT2D eigenvalue weighted by Crippen LogP contribution is 2.16. The molecule has 0 saturated heterocycles. The second-order valence-electron chi connectivity index (χ2n) is 4.27. The Labute approximate surface area is 96.7 Å². The molecule has 1 amide bonds. The molecule has 3 heteroatoms. The smallest absolute Gasteiger partial charge is 0.248 e. The van der Waals surface area contributed by atoms with Crippen LogP contribution in [-0.2, 0) is 11.3 Å². The molecule has 0 aromatic heterocycles. The number of aliphatic hydroxyl groups excluding tert-OH is 1. The topological polar surface area (TPSA) is 40.5 Å². The Morgan fingerprint density at radius 2 is 1.75 bits per heavy atom. The summed E-state index contributed by atoms with van der Waals surface area (Å²) in [7, 11) is 1.70. The highest BCUT2D eigenvalue weighted by atomic mass is 16.3. The van der Waals surface area contributed by atoms with Gasteiger partial charge in [0.1, 0.15) is 6.61 Å². The minimum atomic E-state index is -0.430. The third kappa shape index (κ3) is 2.83. The first-order valence-electron chi connectivity index (χ1n) is 5.37. The number of carbonyl (C=O) groups is 1. The Morgan fingerprint density at radius 1 is 1.19 bits per heavy atom. The van der Waals surface area contributed by atoms with Gasteiger partial charge in [0, 0.05) is 13.6 Å². The molecular formula is C13H19NO2. The van der Waals surface area contributed by atoms with Gasteiger partial charge in [-0.05, 0) is 43.0 Å². The number of hydrogen-bond acceptors (Lipinski definition) is 2. The fourth-order valence-electron chi connectivity index (χ4n) is 1.66. The van der Waals surface area contributed by atoms with Gasteiger partial charge in [-0.3, -0.25) is 4.79 Å². The van der Waals surface area contributed by atoms with Crippen LogP contribution in [-0.4, -0.2) is 29.6 Å². The highest BCUT2D eigenvalue weighted by molar-refractivity contribution is 5.76. The van der Waals surface area contributed by atoms with E-state index < -0.39 is 6.61 Å². The van der Waals surface area contributed by atoms with Crippen molar-refractivity contribution in [1.29, 1.82) is 0 Å². The van der Waals surface area contributed by atoms with Gasteiger partial charge in [-0.1, -0.05) is 12.1 Å². The molecule has 0 bridgehead atoms. The molecule has 1 rings (SSSR count). The van der Waals surface area contributed by atoms with E-state index >= 15 is 0 Å². The standard InChI is InChI=1S/C13H19NO2/c1-9-5-11(3)12(6-10(9)2)7-14(4)13(16)8-15/h5-6,15H,7-8H2,1-4H3. The molecule has 3 nitrogen and oxygen atoms in total. The first-order valence-corrected chi connectivity index (χ1v) is 5.37. The molecule has 0 unspecified atom stereocenters. The molecule has 1 aromatic carbocycles. The van der Waals surface area contributed by atoms with E-state index in [2.05, 4.69) is 26.0 Å². The van der Waals surface area contributed by atoms with E-state index in [-0.39, 0.29) is 5.91 Å². The lowest BCUT2D eigenvalue weighted by atomic mass is 10.0. The molecule has 0 aliphatic heterocycles. The summed E-state index contributed by atoms with van der Waals surface area (Å²) in [5.74, 6) is -0.252. The van der Waals surface area contributed by atoms with Crippen molar-refractivity contribution in [3.63, 3.8) is 0 Å². The van der Waals surface area contributed by atoms with Crippen LogP contribution in [0.2, 0.25) is 0 Å². The molecule has 0 aliphatic carbocycles. The zero-order valence-electron chi connectivity index (χ0n) is 10.4. The summed E-state index contributed by atoms with van der Waals surface area (Å²) in [6.07, 6.45) is 0. The molecule has 1 aromatic rings. The Bertz CT molecular complexity index is 399. The van der Waals surface area contributed by atoms with Crippen molar-refractivity contribution < 1.29 is 9.90 Å². The quantitative estimate of drug-likeness (QED) is 0.841. The fourth-order valence-corrected chi connectivity index (χ4v) is 1.66. The average Bonchev–Trinajstić information content (AvgIpc) is 2.24. The Morgan fingerprint density at radius 3 is 2.31 bits per heavy atom. The van der Waals surface area contributed by atoms with Gasteiger partial charge in [0.15, 0.2) is 0 Å². The first-order chi connectivity index (χ1) is 7.45. The lowest BCUT2D eigenvalue weighted by Crippen LogP contribution is -2.29. The van der Waals surface area contributed by atoms with Crippen LogP contribution in [0.25, 0.3) is 0 Å². The van der Waals surface area contributed by atoms with Crippen LogP contribution in [0, 0.1) is 20.8 Å². The van der Waals surface area contributed by atoms with E-state index in [4.69, 9.17) is 5.11 Å². The maximum absolute atomic E-state index is 11.3. The summed E-state index contributed by atoms with van der Waals surface area (Å²) in [4.78, 5) is 12.8. The summed E-state index contributed by atoms with van der Waals surface area (Å²) in [5, 5.41) is 8.76. The predicted molar refractivity (Wildman–Crippen MR) is 64.2 cm³/mol. The van der Waals surface area contributed by atoms with Gasteiger partial charge in [-0.2, -0.15) is 0 Å². The van der Waals surface area contributed by atoms with Crippen molar-refractivity contribution in [1.82, 2.24) is 4.90 Å². The van der Waals surface area contributed by atoms with E-state index in [1.54, 1.807) is 7.05 Å². The van der Waals surface area contributed by atoms with Crippen molar-refractivity contribution in [2.24, 2.45) is 0 Å². The average molecular weight is 221 g/mol. The Hall–Kier alpha value is -1.35. The molecule has 0 spiro atoms. The molecule has 88 valence electrons. The van der Waals surface area contributed by atoms with Crippen LogP contribution < -0.4 is 0 Å². The van der Waals surface area contributed by atoms with Crippen molar-refractivity contribution in [3.8, 4) is 0 Å². The number of likely N-dealkylation sites (N-methyl/N-ethyl adjacent to an activating group) is 1. The van der Waals surface area contributed by atoms with Crippen molar-refractivity contribution >= 4 is 5.91 Å². The zero-order valence-corrected chi connectivity index (χ0v) is 10.4. The number of aliphatic hydroxyl groups is 1. The maximum Gasteiger partial charge on any atom is 0.248 e. The molecule has 1 N–H and O–H groups in total. The third-order valence-electron chi connectivity index (χ3n) is 2.92. The summed E-state index contributed by atoms with van der Waals surface area (Å²) >= 11 is 0. The number of aryl methyl sites for hydroxylation is 3. The fraction of sp³-hybridized carbons (Fsp3) is 0.462. The summed E-state index contributed by atoms with van der Waals surface area (Å²) < 4.78 is 0. The number of nitrogens with zero attached hydrogens (tertiary/aromatic N) is 1. The van der Waals surface area contributed by atoms with Crippen LogP contribution in [0.4, 0.5) is 0 Å². The normalized spacial score (nSPS) is 10.3. The summed E-state index contributed by atoms with van der Waals surface area (Å²) in [6, 6.07) is 4.23. The number of rotatable bonds is 3. The van der Waals surface area contributed by atoms with E-state index in [0.29, 0.717) is 6.54 Å². The van der Waals surface area contributed by atoms with E-state index in [1.165, 1.54) is 21.6 Å². The zero-order chi connectivity index (χ0) is 12.3. The largest absolute Gasteiger partial charge is 0.387 e. The first kappa shape index (κ1) is 12.7. The van der Waals surface area contributed by atoms with E-state index in [1.807, 2.05) is 6.92 Å². The molecule has 0 fully saturated rings. The van der Waals surface area contributed by atoms with Crippen LogP contribution in [0.1, 0.15) is 22.3 Å². The van der Waals surface area contributed by atoms with Gasteiger partial charge < -0.3 is 10.0 Å². The predicted octanol–water partition coefficient (Wildman–Crippen LogP) is 1.56. The summed E-state index contributed by atoms with van der Waals surface area (Å²) in [6.45, 7) is 6.30. The number of benzene rings is 1. The molecule has 0 saturated carbocycles. The van der Waals surface area contributed by atoms with Gasteiger partial charge in [0.2, 0.25) is 5.91 Å². The van der Waals surface area contributed by atoms with Crippen molar-refractivity contribution in [2.45, 2.75) is 27.3 Å². The van der Waals surface area contributed by atoms with Gasteiger partial charge in [-0.25, -0.2) is 0 Å². The lowest BCUT2D eigenvalue weighted by Gasteiger charge is -2.18. The minimum Gasteiger partial charge on any atom is -0.387 e. The summed E-state index contributed by atoms with van der Waals surface area (Å²) in [5.41, 5.74) is 4.80. The molecule has 0 aliphatic rings. The van der Waals surface area contributed by atoms with Crippen molar-refractivity contribution in [3.05, 3.63) is 34.4 Å². The van der Waals surface area contributed by atoms with Crippen LogP contribution >= 0.6 is 0 Å². The molecule has 0 heterocycles. The van der Waals surface area contributed by atoms with Gasteiger partial charge in [0.05, 0.1) is 0 Å². The minimum absolute atomic E-state index is 0.252. The number of amides is 1. The highest BCUT2D eigenvalue weighted by Gasteiger charge is 2.09. The Balaban J connectivity index is 2.89. The van der Waals surface area contributed by atoms with E-state index in [0.717, 1.165) is 5.56 Å².